The van der Waals surface area contributed by atoms with E-state index < -0.39 is 0 Å². The summed E-state index contributed by atoms with van der Waals surface area (Å²) >= 11 is 0. The molecule has 0 atom stereocenters. The number of fused-ring (bicyclic) bond motifs is 1. The molecule has 1 N–H and O–H groups in total. The van der Waals surface area contributed by atoms with Gasteiger partial charge >= 0.3 is 0 Å². The quantitative estimate of drug-likeness (QED) is 0.217. The molecule has 1 heterocycles. The van der Waals surface area contributed by atoms with Gasteiger partial charge in [-0.2, -0.15) is 0 Å². The van der Waals surface area contributed by atoms with Gasteiger partial charge in [-0.1, -0.05) is 56.2 Å². The molecular weight excluding hydrogens is 464 g/mol. The molecule has 196 valence electrons. The second-order valence-electron chi connectivity index (χ2n) is 10.3. The Morgan fingerprint density at radius 2 is 1.81 bits per heavy atom. The molecule has 4 rings (SSSR count). The van der Waals surface area contributed by atoms with Crippen molar-refractivity contribution in [1.29, 1.82) is 0 Å². The number of unbranched alkanes of at least 4 members (excludes halogenated alkanes) is 2. The number of aryl methyl sites for hydroxylation is 1. The highest BCUT2D eigenvalue weighted by Gasteiger charge is 2.30. The zero-order valence-corrected chi connectivity index (χ0v) is 22.2. The Morgan fingerprint density at radius 3 is 2.57 bits per heavy atom. The number of Topliss-reactive ketones (excluding diaryl/α,β-unsaturated/α-hetero) is 1. The third kappa shape index (κ3) is 6.92. The number of hydrogen-bond acceptors (Lipinski definition) is 5. The fourth-order valence-electron chi connectivity index (χ4n) is 4.67. The Labute approximate surface area is 220 Å². The van der Waals surface area contributed by atoms with Crippen molar-refractivity contribution in [2.75, 3.05) is 6.61 Å². The number of carbonyl (C=O) groups excluding carboxylic acids is 1. The van der Waals surface area contributed by atoms with Crippen LogP contribution in [0.2, 0.25) is 0 Å². The van der Waals surface area contributed by atoms with Gasteiger partial charge in [0.1, 0.15) is 29.5 Å². The third-order valence-corrected chi connectivity index (χ3v) is 6.83. The van der Waals surface area contributed by atoms with E-state index in [0.29, 0.717) is 29.2 Å². The van der Waals surface area contributed by atoms with Crippen LogP contribution in [0.3, 0.4) is 0 Å². The lowest BCUT2D eigenvalue weighted by molar-refractivity contribution is 0.0813. The minimum absolute atomic E-state index is 0.149. The molecule has 0 amide bonds. The first kappa shape index (κ1) is 26.7. The number of aliphatic hydroxyl groups is 1. The number of rotatable bonds is 12. The lowest BCUT2D eigenvalue weighted by Crippen LogP contribution is -2.33. The van der Waals surface area contributed by atoms with Crippen LogP contribution in [0.5, 0.6) is 17.2 Å². The molecule has 0 radical (unpaired) electrons. The maximum absolute atomic E-state index is 13.4. The largest absolute Gasteiger partial charge is 0.488 e. The molecule has 0 saturated heterocycles. The van der Waals surface area contributed by atoms with Gasteiger partial charge in [0, 0.05) is 11.1 Å². The van der Waals surface area contributed by atoms with E-state index in [1.165, 1.54) is 6.42 Å². The molecule has 0 unspecified atom stereocenters. The van der Waals surface area contributed by atoms with Crippen LogP contribution in [0.4, 0.5) is 0 Å². The normalized spacial score (nSPS) is 13.9. The highest BCUT2D eigenvalue weighted by Crippen LogP contribution is 2.40. The third-order valence-electron chi connectivity index (χ3n) is 6.83. The number of carbonyl (C=O) groups is 1. The Bertz CT molecular complexity index is 1200. The summed E-state index contributed by atoms with van der Waals surface area (Å²) in [6.07, 6.45) is 5.98. The summed E-state index contributed by atoms with van der Waals surface area (Å²) in [7, 11) is 0. The van der Waals surface area contributed by atoms with Crippen LogP contribution in [0.1, 0.15) is 79.1 Å². The minimum Gasteiger partial charge on any atom is -0.488 e. The number of aliphatic hydroxyl groups excluding tert-OH is 1. The summed E-state index contributed by atoms with van der Waals surface area (Å²) in [5, 5.41) is 9.92. The molecule has 5 nitrogen and oxygen atoms in total. The van der Waals surface area contributed by atoms with Gasteiger partial charge in [-0.15, -0.1) is 0 Å². The smallest absolute Gasteiger partial charge is 0.203 e. The van der Waals surface area contributed by atoms with Crippen molar-refractivity contribution in [3.05, 3.63) is 88.5 Å². The second kappa shape index (κ2) is 12.3. The van der Waals surface area contributed by atoms with Gasteiger partial charge in [0.15, 0.2) is 6.61 Å². The first-order valence-electron chi connectivity index (χ1n) is 13.3. The van der Waals surface area contributed by atoms with E-state index in [-0.39, 0.29) is 24.6 Å². The maximum Gasteiger partial charge on any atom is 0.203 e. The van der Waals surface area contributed by atoms with Crippen LogP contribution < -0.4 is 14.2 Å². The van der Waals surface area contributed by atoms with Crippen LogP contribution in [0, 0.1) is 0 Å². The fraction of sp³-hybridized carbons (Fsp3) is 0.406. The topological polar surface area (TPSA) is 65.0 Å². The predicted molar refractivity (Wildman–Crippen MR) is 146 cm³/mol. The predicted octanol–water partition coefficient (Wildman–Crippen LogP) is 6.86. The molecule has 0 aliphatic carbocycles. The monoisotopic (exact) mass is 502 g/mol. The molecular formula is C32H38O5. The molecule has 1 aliphatic heterocycles. The lowest BCUT2D eigenvalue weighted by Gasteiger charge is -2.33. The lowest BCUT2D eigenvalue weighted by atomic mass is 9.92. The number of hydrogen-bond donors (Lipinski definition) is 1. The molecule has 3 aromatic rings. The molecule has 0 bridgehead atoms. The van der Waals surface area contributed by atoms with Crippen molar-refractivity contribution in [2.45, 2.75) is 78.1 Å². The maximum atomic E-state index is 13.4. The van der Waals surface area contributed by atoms with Gasteiger partial charge in [-0.05, 0) is 74.9 Å². The van der Waals surface area contributed by atoms with Crippen molar-refractivity contribution in [3.63, 3.8) is 0 Å². The van der Waals surface area contributed by atoms with E-state index in [2.05, 4.69) is 20.8 Å². The summed E-state index contributed by atoms with van der Waals surface area (Å²) < 4.78 is 18.4. The van der Waals surface area contributed by atoms with E-state index in [9.17, 15) is 9.90 Å². The standard InChI is InChI=1S/C32H38O5/c1-4-5-7-10-23-13-15-26(30(19-23)35-21-24-11-8-6-9-12-24)28(34)22-36-31-25(20-33)14-16-29-27(31)17-18-32(2,3)37-29/h6,8-9,11-16,19,33H,4-5,7,10,17-18,20-22H2,1-3H3. The number of ketones is 1. The summed E-state index contributed by atoms with van der Waals surface area (Å²) in [5.41, 5.74) is 4.01. The zero-order valence-electron chi connectivity index (χ0n) is 22.2. The van der Waals surface area contributed by atoms with E-state index in [0.717, 1.165) is 54.5 Å². The fourth-order valence-corrected chi connectivity index (χ4v) is 4.67. The van der Waals surface area contributed by atoms with Crippen LogP contribution in [0.15, 0.2) is 60.7 Å². The van der Waals surface area contributed by atoms with Gasteiger partial charge in [0.2, 0.25) is 5.78 Å². The number of benzene rings is 3. The van der Waals surface area contributed by atoms with E-state index in [4.69, 9.17) is 14.2 Å². The van der Waals surface area contributed by atoms with E-state index >= 15 is 0 Å². The average molecular weight is 503 g/mol. The molecule has 3 aromatic carbocycles. The van der Waals surface area contributed by atoms with Crippen molar-refractivity contribution < 1.29 is 24.1 Å². The molecule has 0 fully saturated rings. The Kier molecular flexibility index (Phi) is 8.88. The van der Waals surface area contributed by atoms with E-state index in [1.54, 1.807) is 6.07 Å². The van der Waals surface area contributed by atoms with Crippen molar-refractivity contribution >= 4 is 5.78 Å². The molecule has 1 aliphatic rings. The van der Waals surface area contributed by atoms with Gasteiger partial charge < -0.3 is 19.3 Å². The first-order chi connectivity index (χ1) is 17.9. The Hall–Kier alpha value is -3.31. The van der Waals surface area contributed by atoms with Crippen molar-refractivity contribution in [3.8, 4) is 17.2 Å². The molecule has 0 saturated carbocycles. The minimum atomic E-state index is -0.259. The Morgan fingerprint density at radius 1 is 1.00 bits per heavy atom. The highest BCUT2D eigenvalue weighted by atomic mass is 16.5. The molecule has 37 heavy (non-hydrogen) atoms. The number of ether oxygens (including phenoxy) is 3. The van der Waals surface area contributed by atoms with Gasteiger partial charge in [0.25, 0.3) is 0 Å². The second-order valence-corrected chi connectivity index (χ2v) is 10.3. The molecule has 5 heteroatoms. The Balaban J connectivity index is 1.54. The van der Waals surface area contributed by atoms with Crippen molar-refractivity contribution in [2.24, 2.45) is 0 Å². The van der Waals surface area contributed by atoms with Gasteiger partial charge in [0.05, 0.1) is 12.2 Å². The molecule has 0 spiro atoms. The van der Waals surface area contributed by atoms with Crippen LogP contribution in [-0.4, -0.2) is 23.1 Å². The van der Waals surface area contributed by atoms with Crippen LogP contribution >= 0.6 is 0 Å². The van der Waals surface area contributed by atoms with Crippen molar-refractivity contribution in [1.82, 2.24) is 0 Å². The average Bonchev–Trinajstić information content (AvgIpc) is 2.90. The summed E-state index contributed by atoms with van der Waals surface area (Å²) in [6.45, 7) is 6.37. The molecule has 0 aromatic heterocycles. The zero-order chi connectivity index (χ0) is 26.3. The van der Waals surface area contributed by atoms with Gasteiger partial charge in [-0.25, -0.2) is 0 Å². The first-order valence-corrected chi connectivity index (χ1v) is 13.3. The van der Waals surface area contributed by atoms with Gasteiger partial charge in [-0.3, -0.25) is 4.79 Å². The SMILES string of the molecule is CCCCCc1ccc(C(=O)COc2c(CO)ccc3c2CCC(C)(C)O3)c(OCc2ccccc2)c1. The van der Waals surface area contributed by atoms with Crippen LogP contribution in [0.25, 0.3) is 0 Å². The summed E-state index contributed by atoms with van der Waals surface area (Å²) in [4.78, 5) is 13.4. The van der Waals surface area contributed by atoms with E-state index in [1.807, 2.05) is 54.6 Å². The highest BCUT2D eigenvalue weighted by molar-refractivity contribution is 5.99. The summed E-state index contributed by atoms with van der Waals surface area (Å²) in [5.74, 6) is 1.71. The summed E-state index contributed by atoms with van der Waals surface area (Å²) in [6, 6.07) is 19.5. The van der Waals surface area contributed by atoms with Crippen LogP contribution in [-0.2, 0) is 26.1 Å².